The highest BCUT2D eigenvalue weighted by Gasteiger charge is 2.04. The second-order valence-corrected chi connectivity index (χ2v) is 4.48. The van der Waals surface area contributed by atoms with Gasteiger partial charge in [0.15, 0.2) is 11.5 Å². The van der Waals surface area contributed by atoms with Crippen molar-refractivity contribution in [2.45, 2.75) is 19.6 Å². The van der Waals surface area contributed by atoms with Crippen molar-refractivity contribution < 1.29 is 5.11 Å². The zero-order valence-electron chi connectivity index (χ0n) is 11.0. The first-order valence-corrected chi connectivity index (χ1v) is 6.48. The van der Waals surface area contributed by atoms with Crippen LogP contribution in [0.5, 0.6) is 0 Å². The lowest BCUT2D eigenvalue weighted by molar-refractivity contribution is 0.269. The summed E-state index contributed by atoms with van der Waals surface area (Å²) in [5.41, 5.74) is 1.92. The van der Waals surface area contributed by atoms with Crippen LogP contribution in [-0.2, 0) is 19.6 Å². The Hall–Kier alpha value is -2.25. The number of hydrogen-bond acceptors (Lipinski definition) is 5. The summed E-state index contributed by atoms with van der Waals surface area (Å²) >= 11 is 0. The number of nitrogens with one attached hydrogen (secondary N) is 1. The summed E-state index contributed by atoms with van der Waals surface area (Å²) in [6.07, 6.45) is 5.67. The summed E-state index contributed by atoms with van der Waals surface area (Å²) in [6, 6.07) is 5.82. The SMILES string of the molecule is OCCn1cc(CNCc2nnc3ccccn23)cn1. The first-order chi connectivity index (χ1) is 9.86. The zero-order chi connectivity index (χ0) is 13.8. The van der Waals surface area contributed by atoms with E-state index < -0.39 is 0 Å². The first-order valence-electron chi connectivity index (χ1n) is 6.48. The fourth-order valence-corrected chi connectivity index (χ4v) is 2.05. The number of aliphatic hydroxyl groups is 1. The van der Waals surface area contributed by atoms with Crippen LogP contribution in [0.15, 0.2) is 36.8 Å². The van der Waals surface area contributed by atoms with Gasteiger partial charge in [0.05, 0.1) is 25.9 Å². The molecule has 7 heteroatoms. The zero-order valence-corrected chi connectivity index (χ0v) is 11.0. The van der Waals surface area contributed by atoms with Crippen molar-refractivity contribution in [1.82, 2.24) is 29.7 Å². The molecule has 0 saturated heterocycles. The van der Waals surface area contributed by atoms with E-state index in [2.05, 4.69) is 20.6 Å². The van der Waals surface area contributed by atoms with E-state index >= 15 is 0 Å². The molecule has 20 heavy (non-hydrogen) atoms. The van der Waals surface area contributed by atoms with Gasteiger partial charge in [0.1, 0.15) is 0 Å². The Morgan fingerprint density at radius 2 is 2.15 bits per heavy atom. The number of aliphatic hydroxyl groups excluding tert-OH is 1. The number of fused-ring (bicyclic) bond motifs is 1. The van der Waals surface area contributed by atoms with Crippen LogP contribution in [0.25, 0.3) is 5.65 Å². The quantitative estimate of drug-likeness (QED) is 0.670. The van der Waals surface area contributed by atoms with Crippen molar-refractivity contribution in [3.63, 3.8) is 0 Å². The van der Waals surface area contributed by atoms with Crippen LogP contribution in [0.4, 0.5) is 0 Å². The molecule has 7 nitrogen and oxygen atoms in total. The van der Waals surface area contributed by atoms with Gasteiger partial charge in [-0.2, -0.15) is 5.10 Å². The number of hydrogen-bond donors (Lipinski definition) is 2. The molecule has 3 heterocycles. The monoisotopic (exact) mass is 272 g/mol. The van der Waals surface area contributed by atoms with Crippen LogP contribution in [0.3, 0.4) is 0 Å². The first kappa shape index (κ1) is 12.8. The highest BCUT2D eigenvalue weighted by molar-refractivity contribution is 5.36. The Morgan fingerprint density at radius 1 is 1.20 bits per heavy atom. The molecule has 104 valence electrons. The lowest BCUT2D eigenvalue weighted by atomic mass is 10.3. The van der Waals surface area contributed by atoms with Gasteiger partial charge in [0.25, 0.3) is 0 Å². The molecule has 0 bridgehead atoms. The molecule has 0 unspecified atom stereocenters. The summed E-state index contributed by atoms with van der Waals surface area (Å²) in [7, 11) is 0. The fraction of sp³-hybridized carbons (Fsp3) is 0.308. The molecular weight excluding hydrogens is 256 g/mol. The molecule has 0 spiro atoms. The summed E-state index contributed by atoms with van der Waals surface area (Å²) in [4.78, 5) is 0. The molecule has 0 aliphatic rings. The summed E-state index contributed by atoms with van der Waals surface area (Å²) in [5.74, 6) is 0.878. The highest BCUT2D eigenvalue weighted by Crippen LogP contribution is 2.03. The number of rotatable bonds is 6. The van der Waals surface area contributed by atoms with E-state index in [1.54, 1.807) is 10.9 Å². The van der Waals surface area contributed by atoms with Crippen LogP contribution in [-0.4, -0.2) is 36.1 Å². The van der Waals surface area contributed by atoms with Crippen molar-refractivity contribution in [2.75, 3.05) is 6.61 Å². The predicted octanol–water partition coefficient (Wildman–Crippen LogP) is 0.208. The lowest BCUT2D eigenvalue weighted by Gasteiger charge is -2.01. The average Bonchev–Trinajstić information content (AvgIpc) is 3.07. The van der Waals surface area contributed by atoms with E-state index in [-0.39, 0.29) is 6.61 Å². The molecule has 0 radical (unpaired) electrons. The number of nitrogens with zero attached hydrogens (tertiary/aromatic N) is 5. The Labute approximate surface area is 115 Å². The second kappa shape index (κ2) is 5.81. The molecule has 0 atom stereocenters. The maximum absolute atomic E-state index is 8.84. The van der Waals surface area contributed by atoms with E-state index in [9.17, 15) is 0 Å². The molecule has 0 aliphatic heterocycles. The van der Waals surface area contributed by atoms with Gasteiger partial charge >= 0.3 is 0 Å². The Bertz CT molecular complexity index is 689. The number of aromatic nitrogens is 5. The van der Waals surface area contributed by atoms with E-state index in [0.29, 0.717) is 19.6 Å². The Kier molecular flexibility index (Phi) is 3.71. The molecule has 3 aromatic rings. The molecule has 2 N–H and O–H groups in total. The van der Waals surface area contributed by atoms with Gasteiger partial charge in [-0.1, -0.05) is 6.07 Å². The van der Waals surface area contributed by atoms with Crippen molar-refractivity contribution in [3.05, 3.63) is 48.2 Å². The molecule has 0 saturated carbocycles. The predicted molar refractivity (Wildman–Crippen MR) is 72.8 cm³/mol. The molecule has 0 fully saturated rings. The largest absolute Gasteiger partial charge is 0.394 e. The van der Waals surface area contributed by atoms with E-state index in [1.165, 1.54) is 0 Å². The van der Waals surface area contributed by atoms with Crippen LogP contribution in [0, 0.1) is 0 Å². The smallest absolute Gasteiger partial charge is 0.160 e. The maximum Gasteiger partial charge on any atom is 0.160 e. The van der Waals surface area contributed by atoms with Gasteiger partial charge in [0.2, 0.25) is 0 Å². The van der Waals surface area contributed by atoms with Crippen molar-refractivity contribution in [3.8, 4) is 0 Å². The topological polar surface area (TPSA) is 80.3 Å². The van der Waals surface area contributed by atoms with Crippen molar-refractivity contribution in [1.29, 1.82) is 0 Å². The summed E-state index contributed by atoms with van der Waals surface area (Å²) < 4.78 is 3.69. The standard InChI is InChI=1S/C13H16N6O/c20-6-5-18-10-11(8-15-18)7-14-9-13-17-16-12-3-1-2-4-19(12)13/h1-4,8,10,14,20H,5-7,9H2. The van der Waals surface area contributed by atoms with Crippen molar-refractivity contribution in [2.24, 2.45) is 0 Å². The molecule has 0 aliphatic carbocycles. The Balaban J connectivity index is 1.59. The average molecular weight is 272 g/mol. The van der Waals surface area contributed by atoms with E-state index in [0.717, 1.165) is 17.0 Å². The van der Waals surface area contributed by atoms with Crippen LogP contribution >= 0.6 is 0 Å². The van der Waals surface area contributed by atoms with Gasteiger partial charge in [-0.25, -0.2) is 0 Å². The normalized spacial score (nSPS) is 11.2. The van der Waals surface area contributed by atoms with Gasteiger partial charge in [-0.05, 0) is 12.1 Å². The lowest BCUT2D eigenvalue weighted by Crippen LogP contribution is -2.14. The summed E-state index contributed by atoms with van der Waals surface area (Å²) in [6.45, 7) is 1.96. The minimum atomic E-state index is 0.0975. The highest BCUT2D eigenvalue weighted by atomic mass is 16.3. The van der Waals surface area contributed by atoms with Crippen LogP contribution < -0.4 is 5.32 Å². The molecule has 3 aromatic heterocycles. The fourth-order valence-electron chi connectivity index (χ4n) is 2.05. The van der Waals surface area contributed by atoms with E-state index in [1.807, 2.05) is 35.0 Å². The maximum atomic E-state index is 8.84. The minimum Gasteiger partial charge on any atom is -0.394 e. The second-order valence-electron chi connectivity index (χ2n) is 4.48. The summed E-state index contributed by atoms with van der Waals surface area (Å²) in [5, 5.41) is 24.6. The Morgan fingerprint density at radius 3 is 3.05 bits per heavy atom. The number of pyridine rings is 1. The van der Waals surface area contributed by atoms with Gasteiger partial charge < -0.3 is 10.4 Å². The molecular formula is C13H16N6O. The van der Waals surface area contributed by atoms with E-state index in [4.69, 9.17) is 5.11 Å². The third-order valence-electron chi connectivity index (χ3n) is 3.01. The van der Waals surface area contributed by atoms with Gasteiger partial charge in [0, 0.05) is 24.5 Å². The van der Waals surface area contributed by atoms with Crippen LogP contribution in [0.1, 0.15) is 11.4 Å². The van der Waals surface area contributed by atoms with Gasteiger partial charge in [-0.15, -0.1) is 10.2 Å². The van der Waals surface area contributed by atoms with Crippen molar-refractivity contribution >= 4 is 5.65 Å². The van der Waals surface area contributed by atoms with Gasteiger partial charge in [-0.3, -0.25) is 9.08 Å². The third kappa shape index (κ3) is 2.68. The molecule has 0 amide bonds. The third-order valence-corrected chi connectivity index (χ3v) is 3.01. The van der Waals surface area contributed by atoms with Crippen LogP contribution in [0.2, 0.25) is 0 Å². The minimum absolute atomic E-state index is 0.0975. The molecule has 3 rings (SSSR count). The molecule has 0 aromatic carbocycles.